The third-order valence-electron chi connectivity index (χ3n) is 3.79. The molecule has 0 aliphatic carbocycles. The molecule has 0 aliphatic heterocycles. The van der Waals surface area contributed by atoms with Crippen LogP contribution in [-0.2, 0) is 0 Å². The van der Waals surface area contributed by atoms with Crippen LogP contribution in [0.1, 0.15) is 31.5 Å². The van der Waals surface area contributed by atoms with Gasteiger partial charge in [-0.15, -0.1) is 0 Å². The Morgan fingerprint density at radius 2 is 1.79 bits per heavy atom. The summed E-state index contributed by atoms with van der Waals surface area (Å²) in [6.45, 7) is 0. The van der Waals surface area contributed by atoms with Gasteiger partial charge < -0.3 is 16.4 Å². The zero-order valence-electron chi connectivity index (χ0n) is 14.6. The SMILES string of the molecule is CNC(=O)c1ncn(-c2ccc(NC(=O)c3cccc(Cl)n3)cc2)c1C(N)=O. The average Bonchev–Trinajstić information content (AvgIpc) is 3.13. The molecular formula is C18H15ClN6O3. The smallest absolute Gasteiger partial charge is 0.274 e. The lowest BCUT2D eigenvalue weighted by molar-refractivity contribution is 0.0937. The van der Waals surface area contributed by atoms with Crippen LogP contribution in [-0.4, -0.2) is 39.3 Å². The first-order valence-corrected chi connectivity index (χ1v) is 8.42. The van der Waals surface area contributed by atoms with E-state index < -0.39 is 17.7 Å². The van der Waals surface area contributed by atoms with Gasteiger partial charge in [0.15, 0.2) is 5.69 Å². The maximum Gasteiger partial charge on any atom is 0.274 e. The summed E-state index contributed by atoms with van der Waals surface area (Å²) in [7, 11) is 1.43. The molecule has 142 valence electrons. The fraction of sp³-hybridized carbons (Fsp3) is 0.0556. The topological polar surface area (TPSA) is 132 Å². The molecule has 0 radical (unpaired) electrons. The molecular weight excluding hydrogens is 384 g/mol. The number of amides is 3. The van der Waals surface area contributed by atoms with Crippen molar-refractivity contribution in [2.45, 2.75) is 0 Å². The zero-order valence-corrected chi connectivity index (χ0v) is 15.4. The van der Waals surface area contributed by atoms with Crippen molar-refractivity contribution in [3.8, 4) is 5.69 Å². The van der Waals surface area contributed by atoms with Gasteiger partial charge in [0.05, 0.1) is 0 Å². The predicted molar refractivity (Wildman–Crippen MR) is 103 cm³/mol. The van der Waals surface area contributed by atoms with E-state index in [1.807, 2.05) is 0 Å². The number of rotatable bonds is 5. The molecule has 2 heterocycles. The van der Waals surface area contributed by atoms with Crippen LogP contribution in [0.25, 0.3) is 5.69 Å². The van der Waals surface area contributed by atoms with Crippen molar-refractivity contribution in [3.05, 3.63) is 71.0 Å². The number of primary amides is 1. The van der Waals surface area contributed by atoms with E-state index in [1.165, 1.54) is 17.9 Å². The van der Waals surface area contributed by atoms with E-state index >= 15 is 0 Å². The minimum absolute atomic E-state index is 0.0423. The summed E-state index contributed by atoms with van der Waals surface area (Å²) < 4.78 is 1.40. The molecule has 0 atom stereocenters. The number of anilines is 1. The van der Waals surface area contributed by atoms with Gasteiger partial charge in [-0.05, 0) is 36.4 Å². The van der Waals surface area contributed by atoms with E-state index in [9.17, 15) is 14.4 Å². The first-order valence-electron chi connectivity index (χ1n) is 8.04. The molecule has 0 spiro atoms. The highest BCUT2D eigenvalue weighted by Crippen LogP contribution is 2.18. The predicted octanol–water partition coefficient (Wildman–Crippen LogP) is 1.63. The standard InChI is InChI=1S/C18H15ClN6O3/c1-21-18(28)14-15(16(20)26)25(9-22-14)11-7-5-10(6-8-11)23-17(27)12-3-2-4-13(19)24-12/h2-9H,1H3,(H2,20,26)(H,21,28)(H,23,27). The minimum Gasteiger partial charge on any atom is -0.364 e. The highest BCUT2D eigenvalue weighted by Gasteiger charge is 2.22. The number of nitrogens with one attached hydrogen (secondary N) is 2. The Morgan fingerprint density at radius 3 is 2.39 bits per heavy atom. The number of benzene rings is 1. The Bertz CT molecular complexity index is 1060. The number of pyridine rings is 1. The Morgan fingerprint density at radius 1 is 1.07 bits per heavy atom. The van der Waals surface area contributed by atoms with Crippen LogP contribution >= 0.6 is 11.6 Å². The molecule has 3 aromatic rings. The van der Waals surface area contributed by atoms with E-state index in [0.717, 1.165) is 0 Å². The molecule has 10 heteroatoms. The van der Waals surface area contributed by atoms with Gasteiger partial charge in [-0.2, -0.15) is 0 Å². The molecule has 3 rings (SSSR count). The number of imidazole rings is 1. The second kappa shape index (κ2) is 7.89. The largest absolute Gasteiger partial charge is 0.364 e. The number of hydrogen-bond acceptors (Lipinski definition) is 5. The highest BCUT2D eigenvalue weighted by atomic mass is 35.5. The van der Waals surface area contributed by atoms with E-state index in [4.69, 9.17) is 17.3 Å². The molecule has 0 aliphatic rings. The Balaban J connectivity index is 1.85. The van der Waals surface area contributed by atoms with Crippen LogP contribution in [0.2, 0.25) is 5.15 Å². The van der Waals surface area contributed by atoms with Crippen LogP contribution < -0.4 is 16.4 Å². The third kappa shape index (κ3) is 3.84. The van der Waals surface area contributed by atoms with Gasteiger partial charge in [0, 0.05) is 18.4 Å². The molecule has 28 heavy (non-hydrogen) atoms. The Kier molecular flexibility index (Phi) is 5.37. The first-order chi connectivity index (χ1) is 13.4. The molecule has 1 aromatic carbocycles. The van der Waals surface area contributed by atoms with Crippen LogP contribution in [0.4, 0.5) is 5.69 Å². The van der Waals surface area contributed by atoms with E-state index in [2.05, 4.69) is 20.6 Å². The molecule has 0 unspecified atom stereocenters. The summed E-state index contributed by atoms with van der Waals surface area (Å²) in [6, 6.07) is 11.3. The van der Waals surface area contributed by atoms with Crippen molar-refractivity contribution >= 4 is 35.0 Å². The van der Waals surface area contributed by atoms with Crippen molar-refractivity contribution in [2.24, 2.45) is 5.73 Å². The first kappa shape index (κ1) is 19.1. The summed E-state index contributed by atoms with van der Waals surface area (Å²) in [5.74, 6) is -1.73. The van der Waals surface area contributed by atoms with Crippen LogP contribution in [0.3, 0.4) is 0 Å². The van der Waals surface area contributed by atoms with Gasteiger partial charge in [0.1, 0.15) is 22.9 Å². The van der Waals surface area contributed by atoms with E-state index in [-0.39, 0.29) is 22.2 Å². The molecule has 9 nitrogen and oxygen atoms in total. The third-order valence-corrected chi connectivity index (χ3v) is 4.00. The second-order valence-corrected chi connectivity index (χ2v) is 5.99. The van der Waals surface area contributed by atoms with Gasteiger partial charge >= 0.3 is 0 Å². The zero-order chi connectivity index (χ0) is 20.3. The molecule has 0 fully saturated rings. The van der Waals surface area contributed by atoms with Crippen molar-refractivity contribution in [3.63, 3.8) is 0 Å². The maximum atomic E-state index is 12.2. The average molecular weight is 399 g/mol. The second-order valence-electron chi connectivity index (χ2n) is 5.60. The summed E-state index contributed by atoms with van der Waals surface area (Å²) in [5, 5.41) is 5.32. The fourth-order valence-corrected chi connectivity index (χ4v) is 2.66. The van der Waals surface area contributed by atoms with Gasteiger partial charge in [0.25, 0.3) is 17.7 Å². The van der Waals surface area contributed by atoms with Gasteiger partial charge in [-0.3, -0.25) is 19.0 Å². The molecule has 3 amide bonds. The molecule has 0 bridgehead atoms. The summed E-state index contributed by atoms with van der Waals surface area (Å²) >= 11 is 5.79. The van der Waals surface area contributed by atoms with Gasteiger partial charge in [-0.25, -0.2) is 9.97 Å². The molecule has 2 aromatic heterocycles. The lowest BCUT2D eigenvalue weighted by Crippen LogP contribution is -2.25. The summed E-state index contributed by atoms with van der Waals surface area (Å²) in [6.07, 6.45) is 1.33. The Hall–Kier alpha value is -3.72. The lowest BCUT2D eigenvalue weighted by Gasteiger charge is -2.09. The lowest BCUT2D eigenvalue weighted by atomic mass is 10.2. The van der Waals surface area contributed by atoms with E-state index in [1.54, 1.807) is 42.5 Å². The Labute approximate surface area is 164 Å². The number of hydrogen-bond donors (Lipinski definition) is 3. The van der Waals surface area contributed by atoms with Crippen molar-refractivity contribution in [2.75, 3.05) is 12.4 Å². The number of carbonyl (C=O) groups is 3. The number of carbonyl (C=O) groups excluding carboxylic acids is 3. The fourth-order valence-electron chi connectivity index (χ4n) is 2.50. The van der Waals surface area contributed by atoms with Crippen molar-refractivity contribution < 1.29 is 14.4 Å². The van der Waals surface area contributed by atoms with Crippen LogP contribution in [0.15, 0.2) is 48.8 Å². The van der Waals surface area contributed by atoms with Crippen LogP contribution in [0, 0.1) is 0 Å². The molecule has 4 N–H and O–H groups in total. The van der Waals surface area contributed by atoms with Crippen molar-refractivity contribution in [1.82, 2.24) is 19.9 Å². The number of aromatic nitrogens is 3. The highest BCUT2D eigenvalue weighted by molar-refractivity contribution is 6.29. The molecule has 0 saturated carbocycles. The monoisotopic (exact) mass is 398 g/mol. The quantitative estimate of drug-likeness (QED) is 0.562. The minimum atomic E-state index is -0.791. The number of nitrogens with zero attached hydrogens (tertiary/aromatic N) is 3. The summed E-state index contributed by atoms with van der Waals surface area (Å²) in [4.78, 5) is 43.8. The number of nitrogens with two attached hydrogens (primary N) is 1. The van der Waals surface area contributed by atoms with Crippen molar-refractivity contribution in [1.29, 1.82) is 0 Å². The van der Waals surface area contributed by atoms with E-state index in [0.29, 0.717) is 11.4 Å². The molecule has 0 saturated heterocycles. The maximum absolute atomic E-state index is 12.2. The van der Waals surface area contributed by atoms with Crippen LogP contribution in [0.5, 0.6) is 0 Å². The normalized spacial score (nSPS) is 10.4. The number of halogens is 1. The van der Waals surface area contributed by atoms with Gasteiger partial charge in [-0.1, -0.05) is 17.7 Å². The van der Waals surface area contributed by atoms with Gasteiger partial charge in [0.2, 0.25) is 0 Å². The summed E-state index contributed by atoms with van der Waals surface area (Å²) in [5.41, 5.74) is 6.51.